The lowest BCUT2D eigenvalue weighted by Gasteiger charge is -2.14. The Morgan fingerprint density at radius 1 is 1.33 bits per heavy atom. The summed E-state index contributed by atoms with van der Waals surface area (Å²) in [4.78, 5) is 11.6. The van der Waals surface area contributed by atoms with Crippen molar-refractivity contribution >= 4 is 39.1 Å². The van der Waals surface area contributed by atoms with Crippen molar-refractivity contribution in [2.75, 3.05) is 19.5 Å². The molecule has 0 radical (unpaired) electrons. The molecule has 194 valence electrons. The highest BCUT2D eigenvalue weighted by Gasteiger charge is 2.31. The van der Waals surface area contributed by atoms with Crippen molar-refractivity contribution in [2.45, 2.75) is 41.7 Å². The average Bonchev–Trinajstić information content (AvgIpc) is 3.61. The molecule has 36 heavy (non-hydrogen) atoms. The number of thiophene rings is 1. The standard InChI is InChI=1S/C21H21F3N4O5S3/c1-32-19(29)18-16(7-9-34-18)36(30,31)25-11-17-26-27-20(35-12-15-6-3-8-33-15)28(17)14-5-2-4-13(10-14)21(22,23)24/h2,4-5,7,9-10,15,25H,3,6,8,11-12H2,1H3/t15-/m1/s1. The Bertz CT molecular complexity index is 1330. The molecule has 1 aromatic carbocycles. The molecule has 0 amide bonds. The molecular formula is C21H21F3N4O5S3. The van der Waals surface area contributed by atoms with Crippen molar-refractivity contribution in [1.29, 1.82) is 0 Å². The van der Waals surface area contributed by atoms with E-state index >= 15 is 0 Å². The number of sulfonamides is 1. The molecule has 1 aliphatic heterocycles. The maximum Gasteiger partial charge on any atom is 0.416 e. The van der Waals surface area contributed by atoms with E-state index in [9.17, 15) is 26.4 Å². The lowest BCUT2D eigenvalue weighted by atomic mass is 10.2. The molecule has 9 nitrogen and oxygen atoms in total. The minimum absolute atomic E-state index is 0.0149. The highest BCUT2D eigenvalue weighted by atomic mass is 32.2. The van der Waals surface area contributed by atoms with Crippen molar-refractivity contribution in [3.05, 3.63) is 52.0 Å². The van der Waals surface area contributed by atoms with Gasteiger partial charge in [0.2, 0.25) is 10.0 Å². The van der Waals surface area contributed by atoms with Crippen molar-refractivity contribution in [3.8, 4) is 5.69 Å². The van der Waals surface area contributed by atoms with Gasteiger partial charge < -0.3 is 9.47 Å². The Labute approximate surface area is 213 Å². The number of aromatic nitrogens is 3. The zero-order chi connectivity index (χ0) is 25.9. The molecule has 0 aliphatic carbocycles. The molecule has 1 N–H and O–H groups in total. The summed E-state index contributed by atoms with van der Waals surface area (Å²) >= 11 is 2.17. The van der Waals surface area contributed by atoms with Gasteiger partial charge in [0.1, 0.15) is 9.77 Å². The van der Waals surface area contributed by atoms with E-state index in [0.717, 1.165) is 43.4 Å². The second kappa shape index (κ2) is 10.9. The molecule has 0 bridgehead atoms. The number of thioether (sulfide) groups is 1. The van der Waals surface area contributed by atoms with Crippen LogP contribution in [0.5, 0.6) is 0 Å². The van der Waals surface area contributed by atoms with Crippen LogP contribution in [0.2, 0.25) is 0 Å². The SMILES string of the molecule is COC(=O)c1sccc1S(=O)(=O)NCc1nnc(SC[C@H]2CCCO2)n1-c1cccc(C(F)(F)F)c1. The quantitative estimate of drug-likeness (QED) is 0.309. The Balaban J connectivity index is 1.64. The second-order valence-electron chi connectivity index (χ2n) is 7.66. The van der Waals surface area contributed by atoms with E-state index in [1.165, 1.54) is 39.9 Å². The summed E-state index contributed by atoms with van der Waals surface area (Å²) in [6.07, 6.45) is -2.80. The Morgan fingerprint density at radius 3 is 2.83 bits per heavy atom. The summed E-state index contributed by atoms with van der Waals surface area (Å²) in [5.41, 5.74) is -0.735. The lowest BCUT2D eigenvalue weighted by molar-refractivity contribution is -0.137. The van der Waals surface area contributed by atoms with Gasteiger partial charge in [-0.25, -0.2) is 17.9 Å². The molecule has 0 spiro atoms. The predicted molar refractivity (Wildman–Crippen MR) is 126 cm³/mol. The lowest BCUT2D eigenvalue weighted by Crippen LogP contribution is -2.26. The molecule has 0 saturated carbocycles. The number of nitrogens with zero attached hydrogens (tertiary/aromatic N) is 3. The number of esters is 1. The van der Waals surface area contributed by atoms with Gasteiger partial charge in [0.25, 0.3) is 0 Å². The molecule has 2 aromatic heterocycles. The van der Waals surface area contributed by atoms with Crippen LogP contribution in [-0.4, -0.2) is 54.7 Å². The molecule has 1 saturated heterocycles. The summed E-state index contributed by atoms with van der Waals surface area (Å²) < 4.78 is 79.9. The number of ether oxygens (including phenoxy) is 2. The van der Waals surface area contributed by atoms with Crippen LogP contribution in [-0.2, 0) is 32.2 Å². The summed E-state index contributed by atoms with van der Waals surface area (Å²) in [6.45, 7) is 0.261. The van der Waals surface area contributed by atoms with E-state index in [2.05, 4.69) is 19.7 Å². The second-order valence-corrected chi connectivity index (χ2v) is 11.3. The number of alkyl halides is 3. The molecule has 15 heteroatoms. The van der Waals surface area contributed by atoms with Gasteiger partial charge in [-0.05, 0) is 42.5 Å². The van der Waals surface area contributed by atoms with Crippen LogP contribution in [0.1, 0.15) is 33.9 Å². The first-order valence-electron chi connectivity index (χ1n) is 10.6. The fourth-order valence-corrected chi connectivity index (χ4v) is 6.87. The van der Waals surface area contributed by atoms with Crippen LogP contribution >= 0.6 is 23.1 Å². The molecule has 1 atom stereocenters. The number of carbonyl (C=O) groups is 1. The van der Waals surface area contributed by atoms with E-state index in [4.69, 9.17) is 4.74 Å². The van der Waals surface area contributed by atoms with E-state index in [0.29, 0.717) is 17.5 Å². The van der Waals surface area contributed by atoms with Crippen LogP contribution in [0.15, 0.2) is 45.8 Å². The number of hydrogen-bond acceptors (Lipinski definition) is 9. The molecule has 3 aromatic rings. The van der Waals surface area contributed by atoms with Gasteiger partial charge >= 0.3 is 12.1 Å². The zero-order valence-electron chi connectivity index (χ0n) is 18.8. The van der Waals surface area contributed by atoms with Crippen molar-refractivity contribution in [1.82, 2.24) is 19.5 Å². The van der Waals surface area contributed by atoms with Crippen LogP contribution in [0, 0.1) is 0 Å². The number of halogens is 3. The van der Waals surface area contributed by atoms with Crippen molar-refractivity contribution in [3.63, 3.8) is 0 Å². The Morgan fingerprint density at radius 2 is 2.14 bits per heavy atom. The maximum absolute atomic E-state index is 13.4. The first-order chi connectivity index (χ1) is 17.1. The molecular weight excluding hydrogens is 541 g/mol. The van der Waals surface area contributed by atoms with Gasteiger partial charge in [-0.15, -0.1) is 21.5 Å². The number of benzene rings is 1. The summed E-state index contributed by atoms with van der Waals surface area (Å²) in [6, 6.07) is 5.88. The molecule has 4 rings (SSSR count). The van der Waals surface area contributed by atoms with Crippen LogP contribution in [0.3, 0.4) is 0 Å². The number of nitrogens with one attached hydrogen (secondary N) is 1. The Hall–Kier alpha value is -2.46. The maximum atomic E-state index is 13.4. The molecule has 3 heterocycles. The summed E-state index contributed by atoms with van der Waals surface area (Å²) in [7, 11) is -3.04. The van der Waals surface area contributed by atoms with E-state index in [-0.39, 0.29) is 33.9 Å². The third-order valence-electron chi connectivity index (χ3n) is 5.26. The molecule has 0 unspecified atom stereocenters. The Kier molecular flexibility index (Phi) is 8.04. The summed E-state index contributed by atoms with van der Waals surface area (Å²) in [5, 5.41) is 9.87. The van der Waals surface area contributed by atoms with Gasteiger partial charge in [-0.2, -0.15) is 13.2 Å². The van der Waals surface area contributed by atoms with Crippen molar-refractivity contribution in [2.24, 2.45) is 0 Å². The first kappa shape index (κ1) is 26.6. The largest absolute Gasteiger partial charge is 0.465 e. The van der Waals surface area contributed by atoms with Gasteiger partial charge in [0.15, 0.2) is 11.0 Å². The number of hydrogen-bond donors (Lipinski definition) is 1. The number of rotatable bonds is 9. The number of methoxy groups -OCH3 is 1. The highest BCUT2D eigenvalue weighted by Crippen LogP contribution is 2.32. The van der Waals surface area contributed by atoms with Crippen LogP contribution in [0.4, 0.5) is 13.2 Å². The minimum atomic E-state index is -4.57. The third-order valence-corrected chi connectivity index (χ3v) is 8.79. The summed E-state index contributed by atoms with van der Waals surface area (Å²) in [5.74, 6) is -0.215. The van der Waals surface area contributed by atoms with E-state index in [1.54, 1.807) is 0 Å². The average molecular weight is 563 g/mol. The monoisotopic (exact) mass is 562 g/mol. The third kappa shape index (κ3) is 5.91. The van der Waals surface area contributed by atoms with Gasteiger partial charge in [0.05, 0.1) is 31.0 Å². The van der Waals surface area contributed by atoms with Crippen molar-refractivity contribution < 1.29 is 35.9 Å². The minimum Gasteiger partial charge on any atom is -0.465 e. The molecule has 1 aliphatic rings. The van der Waals surface area contributed by atoms with Gasteiger partial charge in [-0.3, -0.25) is 4.57 Å². The van der Waals surface area contributed by atoms with Gasteiger partial charge in [-0.1, -0.05) is 17.8 Å². The first-order valence-corrected chi connectivity index (χ1v) is 14.0. The number of carbonyl (C=O) groups excluding carboxylic acids is 1. The highest BCUT2D eigenvalue weighted by molar-refractivity contribution is 7.99. The van der Waals surface area contributed by atoms with Gasteiger partial charge in [0, 0.05) is 12.4 Å². The molecule has 1 fully saturated rings. The van der Waals surface area contributed by atoms with Crippen LogP contribution in [0.25, 0.3) is 5.69 Å². The van der Waals surface area contributed by atoms with E-state index < -0.39 is 27.7 Å². The fourth-order valence-electron chi connectivity index (χ4n) is 3.52. The predicted octanol–water partition coefficient (Wildman–Crippen LogP) is 3.88. The van der Waals surface area contributed by atoms with Crippen LogP contribution < -0.4 is 4.72 Å². The topological polar surface area (TPSA) is 112 Å². The fraction of sp³-hybridized carbons (Fsp3) is 0.381. The zero-order valence-corrected chi connectivity index (χ0v) is 21.3. The normalized spacial score (nSPS) is 16.4. The van der Waals surface area contributed by atoms with E-state index in [1.807, 2.05) is 0 Å². The smallest absolute Gasteiger partial charge is 0.416 e.